The molecule has 0 amide bonds. The van der Waals surface area contributed by atoms with Crippen LogP contribution in [0.2, 0.25) is 5.02 Å². The van der Waals surface area contributed by atoms with E-state index in [2.05, 4.69) is 12.2 Å². The second-order valence-corrected chi connectivity index (χ2v) is 4.90. The quantitative estimate of drug-likeness (QED) is 0.715. The van der Waals surface area contributed by atoms with E-state index in [4.69, 9.17) is 21.4 Å². The van der Waals surface area contributed by atoms with Gasteiger partial charge in [0, 0.05) is 29.7 Å². The number of hydrogen-bond donors (Lipinski definition) is 2. The minimum absolute atomic E-state index is 0.125. The maximum atomic E-state index is 8.99. The molecule has 1 aromatic carbocycles. The molecule has 3 nitrogen and oxygen atoms in total. The van der Waals surface area contributed by atoms with E-state index in [0.717, 1.165) is 24.3 Å². The van der Waals surface area contributed by atoms with Crippen molar-refractivity contribution in [3.63, 3.8) is 0 Å². The van der Waals surface area contributed by atoms with Crippen LogP contribution < -0.4 is 10.1 Å². The molecule has 0 fully saturated rings. The minimum Gasteiger partial charge on any atom is -0.493 e. The number of aliphatic hydroxyl groups is 1. The maximum Gasteiger partial charge on any atom is 0.125 e. The van der Waals surface area contributed by atoms with Crippen LogP contribution in [0.3, 0.4) is 0 Å². The molecule has 1 unspecified atom stereocenters. The Morgan fingerprint density at radius 1 is 1.44 bits per heavy atom. The number of hydrogen-bond acceptors (Lipinski definition) is 3. The van der Waals surface area contributed by atoms with Gasteiger partial charge in [0.2, 0.25) is 0 Å². The van der Waals surface area contributed by atoms with Crippen LogP contribution in [0.25, 0.3) is 0 Å². The molecule has 0 aliphatic heterocycles. The lowest BCUT2D eigenvalue weighted by Gasteiger charge is -2.15. The maximum absolute atomic E-state index is 8.99. The van der Waals surface area contributed by atoms with E-state index in [0.29, 0.717) is 18.2 Å². The third-order valence-corrected chi connectivity index (χ3v) is 2.99. The molecular weight excluding hydrogens is 250 g/mol. The molecule has 102 valence electrons. The van der Waals surface area contributed by atoms with E-state index in [-0.39, 0.29) is 12.5 Å². The van der Waals surface area contributed by atoms with E-state index in [1.165, 1.54) is 0 Å². The minimum atomic E-state index is 0.125. The van der Waals surface area contributed by atoms with E-state index in [1.54, 1.807) is 0 Å². The van der Waals surface area contributed by atoms with Gasteiger partial charge in [-0.15, -0.1) is 0 Å². The lowest BCUT2D eigenvalue weighted by atomic mass is 10.2. The van der Waals surface area contributed by atoms with Gasteiger partial charge >= 0.3 is 0 Å². The first-order valence-corrected chi connectivity index (χ1v) is 6.78. The third-order valence-electron chi connectivity index (χ3n) is 2.64. The SMILES string of the molecule is CCCNCc1c(Cl)cccc1OCC(C)CO. The molecule has 0 saturated carbocycles. The average molecular weight is 272 g/mol. The summed E-state index contributed by atoms with van der Waals surface area (Å²) in [6.45, 7) is 6.36. The zero-order valence-corrected chi connectivity index (χ0v) is 11.8. The molecule has 0 bridgehead atoms. The topological polar surface area (TPSA) is 41.5 Å². The van der Waals surface area contributed by atoms with Crippen LogP contribution >= 0.6 is 11.6 Å². The van der Waals surface area contributed by atoms with Gasteiger partial charge < -0.3 is 15.2 Å². The second-order valence-electron chi connectivity index (χ2n) is 4.49. The van der Waals surface area contributed by atoms with Gasteiger partial charge in [0.1, 0.15) is 5.75 Å². The van der Waals surface area contributed by atoms with E-state index in [1.807, 2.05) is 25.1 Å². The van der Waals surface area contributed by atoms with E-state index >= 15 is 0 Å². The van der Waals surface area contributed by atoms with Gasteiger partial charge in [0.05, 0.1) is 6.61 Å². The first kappa shape index (κ1) is 15.3. The molecule has 4 heteroatoms. The van der Waals surface area contributed by atoms with Crippen molar-refractivity contribution < 1.29 is 9.84 Å². The number of nitrogens with one attached hydrogen (secondary N) is 1. The number of ether oxygens (including phenoxy) is 1. The Balaban J connectivity index is 2.67. The second kappa shape index (κ2) is 8.35. The summed E-state index contributed by atoms with van der Waals surface area (Å²) in [6.07, 6.45) is 1.09. The fourth-order valence-electron chi connectivity index (χ4n) is 1.52. The van der Waals surface area contributed by atoms with Gasteiger partial charge in [-0.05, 0) is 25.1 Å². The Labute approximate surface area is 114 Å². The highest BCUT2D eigenvalue weighted by atomic mass is 35.5. The van der Waals surface area contributed by atoms with Gasteiger partial charge in [-0.1, -0.05) is 31.5 Å². The molecule has 0 saturated heterocycles. The average Bonchev–Trinajstić information content (AvgIpc) is 2.38. The monoisotopic (exact) mass is 271 g/mol. The smallest absolute Gasteiger partial charge is 0.125 e. The van der Waals surface area contributed by atoms with Crippen molar-refractivity contribution in [2.45, 2.75) is 26.8 Å². The molecule has 0 spiro atoms. The fraction of sp³-hybridized carbons (Fsp3) is 0.571. The summed E-state index contributed by atoms with van der Waals surface area (Å²) in [5.74, 6) is 0.923. The van der Waals surface area contributed by atoms with Crippen molar-refractivity contribution in [2.24, 2.45) is 5.92 Å². The van der Waals surface area contributed by atoms with Gasteiger partial charge in [-0.2, -0.15) is 0 Å². The Morgan fingerprint density at radius 3 is 2.89 bits per heavy atom. The lowest BCUT2D eigenvalue weighted by molar-refractivity contribution is 0.173. The Bertz CT molecular complexity index is 358. The highest BCUT2D eigenvalue weighted by Gasteiger charge is 2.09. The summed E-state index contributed by atoms with van der Waals surface area (Å²) in [5, 5.41) is 13.0. The predicted octanol–water partition coefficient (Wildman–Crippen LogP) is 2.85. The van der Waals surface area contributed by atoms with Crippen molar-refractivity contribution in [2.75, 3.05) is 19.8 Å². The van der Waals surface area contributed by atoms with Gasteiger partial charge in [-0.25, -0.2) is 0 Å². The Hall–Kier alpha value is -0.770. The van der Waals surface area contributed by atoms with Crippen molar-refractivity contribution in [3.05, 3.63) is 28.8 Å². The van der Waals surface area contributed by atoms with Crippen LogP contribution in [-0.2, 0) is 6.54 Å². The summed E-state index contributed by atoms with van der Waals surface area (Å²) in [7, 11) is 0. The molecule has 0 aliphatic rings. The molecule has 2 N–H and O–H groups in total. The molecule has 1 rings (SSSR count). The van der Waals surface area contributed by atoms with Gasteiger partial charge in [0.15, 0.2) is 0 Å². The molecule has 0 aromatic heterocycles. The number of aliphatic hydroxyl groups excluding tert-OH is 1. The molecule has 0 aliphatic carbocycles. The first-order valence-electron chi connectivity index (χ1n) is 6.40. The molecule has 1 atom stereocenters. The zero-order chi connectivity index (χ0) is 13.4. The van der Waals surface area contributed by atoms with Crippen LogP contribution in [0.1, 0.15) is 25.8 Å². The standard InChI is InChI=1S/C14H22ClNO2/c1-3-7-16-8-12-13(15)5-4-6-14(12)18-10-11(2)9-17/h4-6,11,16-17H,3,7-10H2,1-2H3. The fourth-order valence-corrected chi connectivity index (χ4v) is 1.75. The van der Waals surface area contributed by atoms with Crippen LogP contribution in [0.15, 0.2) is 18.2 Å². The van der Waals surface area contributed by atoms with Gasteiger partial charge in [-0.3, -0.25) is 0 Å². The molecule has 0 radical (unpaired) electrons. The normalized spacial score (nSPS) is 12.4. The largest absolute Gasteiger partial charge is 0.493 e. The van der Waals surface area contributed by atoms with Crippen molar-refractivity contribution >= 4 is 11.6 Å². The highest BCUT2D eigenvalue weighted by molar-refractivity contribution is 6.31. The predicted molar refractivity (Wildman–Crippen MR) is 75.2 cm³/mol. The van der Waals surface area contributed by atoms with Crippen LogP contribution in [0, 0.1) is 5.92 Å². The number of halogens is 1. The zero-order valence-electron chi connectivity index (χ0n) is 11.1. The lowest BCUT2D eigenvalue weighted by Crippen LogP contribution is -2.17. The first-order chi connectivity index (χ1) is 8.69. The molecule has 0 heterocycles. The highest BCUT2D eigenvalue weighted by Crippen LogP contribution is 2.26. The summed E-state index contributed by atoms with van der Waals surface area (Å²) >= 11 is 6.19. The van der Waals surface area contributed by atoms with Crippen molar-refractivity contribution in [1.29, 1.82) is 0 Å². The summed E-state index contributed by atoms with van der Waals surface area (Å²) in [4.78, 5) is 0. The van der Waals surface area contributed by atoms with Crippen molar-refractivity contribution in [1.82, 2.24) is 5.32 Å². The van der Waals surface area contributed by atoms with Crippen LogP contribution in [0.5, 0.6) is 5.75 Å². The van der Waals surface area contributed by atoms with E-state index in [9.17, 15) is 0 Å². The summed E-state index contributed by atoms with van der Waals surface area (Å²) in [5.41, 5.74) is 0.984. The van der Waals surface area contributed by atoms with Crippen LogP contribution in [0.4, 0.5) is 0 Å². The Morgan fingerprint density at radius 2 is 2.22 bits per heavy atom. The number of benzene rings is 1. The van der Waals surface area contributed by atoms with Gasteiger partial charge in [0.25, 0.3) is 0 Å². The molecule has 18 heavy (non-hydrogen) atoms. The Kier molecular flexibility index (Phi) is 7.09. The molecular formula is C14H22ClNO2. The van der Waals surface area contributed by atoms with Crippen LogP contribution in [-0.4, -0.2) is 24.9 Å². The number of rotatable bonds is 8. The van der Waals surface area contributed by atoms with Crippen molar-refractivity contribution in [3.8, 4) is 5.75 Å². The summed E-state index contributed by atoms with van der Waals surface area (Å²) < 4.78 is 5.72. The van der Waals surface area contributed by atoms with E-state index < -0.39 is 0 Å². The summed E-state index contributed by atoms with van der Waals surface area (Å²) in [6, 6.07) is 5.66. The third kappa shape index (κ3) is 4.84. The molecule has 1 aromatic rings.